The maximum atomic E-state index is 11.6. The van der Waals surface area contributed by atoms with Crippen molar-refractivity contribution in [1.29, 1.82) is 0 Å². The first-order valence-corrected chi connectivity index (χ1v) is 6.54. The average Bonchev–Trinajstić information content (AvgIpc) is 2.82. The summed E-state index contributed by atoms with van der Waals surface area (Å²) in [6.07, 6.45) is 4.16. The number of amides is 1. The molecule has 6 nitrogen and oxygen atoms in total. The van der Waals surface area contributed by atoms with Gasteiger partial charge in [0.05, 0.1) is 6.04 Å². The fourth-order valence-electron chi connectivity index (χ4n) is 1.93. The van der Waals surface area contributed by atoms with Crippen molar-refractivity contribution in [3.05, 3.63) is 30.2 Å². The molecule has 2 aromatic heterocycles. The lowest BCUT2D eigenvalue weighted by Gasteiger charge is -2.10. The SMILES string of the molecule is CCC[C@H](N)C(=O)NCCc1nnc2ccccn12. The van der Waals surface area contributed by atoms with Gasteiger partial charge in [-0.2, -0.15) is 0 Å². The summed E-state index contributed by atoms with van der Waals surface area (Å²) in [6.45, 7) is 2.53. The largest absolute Gasteiger partial charge is 0.354 e. The molecule has 0 aliphatic rings. The number of rotatable bonds is 6. The number of nitrogens with zero attached hydrogens (tertiary/aromatic N) is 3. The Balaban J connectivity index is 1.87. The molecule has 6 heteroatoms. The smallest absolute Gasteiger partial charge is 0.236 e. The lowest BCUT2D eigenvalue weighted by Crippen LogP contribution is -2.41. The van der Waals surface area contributed by atoms with E-state index in [0.717, 1.165) is 17.9 Å². The summed E-state index contributed by atoms with van der Waals surface area (Å²) in [5, 5.41) is 11.0. The Morgan fingerprint density at radius 2 is 2.32 bits per heavy atom. The molecular weight excluding hydrogens is 242 g/mol. The van der Waals surface area contributed by atoms with Gasteiger partial charge in [0.2, 0.25) is 5.91 Å². The zero-order chi connectivity index (χ0) is 13.7. The number of carbonyl (C=O) groups is 1. The van der Waals surface area contributed by atoms with Crippen molar-refractivity contribution < 1.29 is 4.79 Å². The summed E-state index contributed by atoms with van der Waals surface area (Å²) in [6, 6.07) is 5.32. The highest BCUT2D eigenvalue weighted by Gasteiger charge is 2.12. The van der Waals surface area contributed by atoms with E-state index in [1.165, 1.54) is 0 Å². The van der Waals surface area contributed by atoms with Crippen molar-refractivity contribution in [1.82, 2.24) is 19.9 Å². The van der Waals surface area contributed by atoms with E-state index in [1.807, 2.05) is 35.7 Å². The minimum atomic E-state index is -0.417. The van der Waals surface area contributed by atoms with Gasteiger partial charge < -0.3 is 11.1 Å². The van der Waals surface area contributed by atoms with Crippen LogP contribution in [0.5, 0.6) is 0 Å². The van der Waals surface area contributed by atoms with Crippen LogP contribution >= 0.6 is 0 Å². The van der Waals surface area contributed by atoms with Gasteiger partial charge in [0, 0.05) is 19.2 Å². The molecule has 0 bridgehead atoms. The zero-order valence-electron chi connectivity index (χ0n) is 11.0. The third-order valence-electron chi connectivity index (χ3n) is 2.97. The molecule has 0 spiro atoms. The van der Waals surface area contributed by atoms with Crippen molar-refractivity contribution in [2.75, 3.05) is 6.54 Å². The van der Waals surface area contributed by atoms with Crippen molar-refractivity contribution in [2.45, 2.75) is 32.2 Å². The highest BCUT2D eigenvalue weighted by atomic mass is 16.2. The lowest BCUT2D eigenvalue weighted by atomic mass is 10.1. The van der Waals surface area contributed by atoms with E-state index < -0.39 is 6.04 Å². The normalized spacial score (nSPS) is 12.5. The Kier molecular flexibility index (Phi) is 4.46. The first-order chi connectivity index (χ1) is 9.22. The molecule has 0 aliphatic carbocycles. The maximum absolute atomic E-state index is 11.6. The summed E-state index contributed by atoms with van der Waals surface area (Å²) in [5.41, 5.74) is 6.54. The van der Waals surface area contributed by atoms with Crippen molar-refractivity contribution >= 4 is 11.6 Å². The first kappa shape index (κ1) is 13.5. The van der Waals surface area contributed by atoms with Crippen LogP contribution in [0.1, 0.15) is 25.6 Å². The van der Waals surface area contributed by atoms with Crippen LogP contribution in [0.2, 0.25) is 0 Å². The molecule has 0 saturated heterocycles. The molecule has 0 unspecified atom stereocenters. The van der Waals surface area contributed by atoms with E-state index >= 15 is 0 Å². The monoisotopic (exact) mass is 261 g/mol. The molecule has 2 aromatic rings. The molecule has 19 heavy (non-hydrogen) atoms. The predicted molar refractivity (Wildman–Crippen MR) is 72.6 cm³/mol. The fraction of sp³-hybridized carbons (Fsp3) is 0.462. The summed E-state index contributed by atoms with van der Waals surface area (Å²) in [5.74, 6) is 0.732. The van der Waals surface area contributed by atoms with Crippen LogP contribution in [0.3, 0.4) is 0 Å². The minimum Gasteiger partial charge on any atom is -0.354 e. The van der Waals surface area contributed by atoms with Gasteiger partial charge in [-0.3, -0.25) is 9.20 Å². The molecule has 1 amide bonds. The second-order valence-corrected chi connectivity index (χ2v) is 4.48. The van der Waals surface area contributed by atoms with Crippen LogP contribution < -0.4 is 11.1 Å². The van der Waals surface area contributed by atoms with Gasteiger partial charge in [-0.1, -0.05) is 19.4 Å². The van der Waals surface area contributed by atoms with Crippen LogP contribution in [-0.2, 0) is 11.2 Å². The second kappa shape index (κ2) is 6.29. The number of hydrogen-bond acceptors (Lipinski definition) is 4. The van der Waals surface area contributed by atoms with Crippen molar-refractivity contribution in [3.8, 4) is 0 Å². The van der Waals surface area contributed by atoms with Crippen molar-refractivity contribution in [2.24, 2.45) is 5.73 Å². The highest BCUT2D eigenvalue weighted by molar-refractivity contribution is 5.81. The number of nitrogens with two attached hydrogens (primary N) is 1. The topological polar surface area (TPSA) is 85.3 Å². The van der Waals surface area contributed by atoms with Crippen LogP contribution in [0.25, 0.3) is 5.65 Å². The molecular formula is C13H19N5O. The van der Waals surface area contributed by atoms with Crippen LogP contribution in [0.15, 0.2) is 24.4 Å². The molecule has 2 rings (SSSR count). The molecule has 0 fully saturated rings. The number of fused-ring (bicyclic) bond motifs is 1. The number of pyridine rings is 1. The van der Waals surface area contributed by atoms with Gasteiger partial charge in [-0.05, 0) is 18.6 Å². The van der Waals surface area contributed by atoms with Gasteiger partial charge in [-0.25, -0.2) is 0 Å². The van der Waals surface area contributed by atoms with E-state index in [1.54, 1.807) is 0 Å². The number of hydrogen-bond donors (Lipinski definition) is 2. The molecule has 0 aromatic carbocycles. The average molecular weight is 261 g/mol. The molecule has 1 atom stereocenters. The first-order valence-electron chi connectivity index (χ1n) is 6.54. The third-order valence-corrected chi connectivity index (χ3v) is 2.97. The Bertz CT molecular complexity index is 551. The second-order valence-electron chi connectivity index (χ2n) is 4.48. The lowest BCUT2D eigenvalue weighted by molar-refractivity contribution is -0.122. The van der Waals surface area contributed by atoms with E-state index in [2.05, 4.69) is 15.5 Å². The third kappa shape index (κ3) is 3.29. The molecule has 0 radical (unpaired) electrons. The molecule has 2 heterocycles. The molecule has 3 N–H and O–H groups in total. The maximum Gasteiger partial charge on any atom is 0.236 e. The number of carbonyl (C=O) groups excluding carboxylic acids is 1. The van der Waals surface area contributed by atoms with E-state index in [9.17, 15) is 4.79 Å². The summed E-state index contributed by atoms with van der Waals surface area (Å²) in [4.78, 5) is 11.6. The van der Waals surface area contributed by atoms with Crippen LogP contribution in [0.4, 0.5) is 0 Å². The van der Waals surface area contributed by atoms with Gasteiger partial charge in [0.1, 0.15) is 5.82 Å². The predicted octanol–water partition coefficient (Wildman–Crippen LogP) is 0.515. The van der Waals surface area contributed by atoms with E-state index in [4.69, 9.17) is 5.73 Å². The highest BCUT2D eigenvalue weighted by Crippen LogP contribution is 2.02. The van der Waals surface area contributed by atoms with Crippen LogP contribution in [0, 0.1) is 0 Å². The Labute approximate surface area is 112 Å². The summed E-state index contributed by atoms with van der Waals surface area (Å²) >= 11 is 0. The fourth-order valence-corrected chi connectivity index (χ4v) is 1.93. The van der Waals surface area contributed by atoms with Gasteiger partial charge >= 0.3 is 0 Å². The standard InChI is InChI=1S/C13H19N5O/c1-2-5-10(14)13(19)15-8-7-12-17-16-11-6-3-4-9-18(11)12/h3-4,6,9-10H,2,5,7-8,14H2,1H3,(H,15,19)/t10-/m0/s1. The Morgan fingerprint density at radius 1 is 1.47 bits per heavy atom. The quantitative estimate of drug-likeness (QED) is 0.793. The van der Waals surface area contributed by atoms with Crippen LogP contribution in [-0.4, -0.2) is 33.1 Å². The van der Waals surface area contributed by atoms with E-state index in [-0.39, 0.29) is 5.91 Å². The Morgan fingerprint density at radius 3 is 3.11 bits per heavy atom. The number of nitrogens with one attached hydrogen (secondary N) is 1. The summed E-state index contributed by atoms with van der Waals surface area (Å²) in [7, 11) is 0. The molecule has 102 valence electrons. The summed E-state index contributed by atoms with van der Waals surface area (Å²) < 4.78 is 1.91. The minimum absolute atomic E-state index is 0.101. The Hall–Kier alpha value is -1.95. The number of aromatic nitrogens is 3. The molecule has 0 saturated carbocycles. The van der Waals surface area contributed by atoms with Gasteiger partial charge in [0.25, 0.3) is 0 Å². The van der Waals surface area contributed by atoms with Gasteiger partial charge in [0.15, 0.2) is 5.65 Å². The van der Waals surface area contributed by atoms with Crippen molar-refractivity contribution in [3.63, 3.8) is 0 Å². The van der Waals surface area contributed by atoms with E-state index in [0.29, 0.717) is 19.4 Å². The van der Waals surface area contributed by atoms with Gasteiger partial charge in [-0.15, -0.1) is 10.2 Å². The molecule has 0 aliphatic heterocycles. The zero-order valence-corrected chi connectivity index (χ0v) is 11.0.